The summed E-state index contributed by atoms with van der Waals surface area (Å²) in [6, 6.07) is 21.4. The average molecular weight is 501 g/mol. The molecule has 0 aliphatic carbocycles. The summed E-state index contributed by atoms with van der Waals surface area (Å²) in [6.45, 7) is 7.35. The van der Waals surface area contributed by atoms with Gasteiger partial charge < -0.3 is 14.2 Å². The van der Waals surface area contributed by atoms with Crippen molar-refractivity contribution in [2.45, 2.75) is 26.2 Å². The number of ether oxygens (including phenoxy) is 3. The molecule has 0 fully saturated rings. The molecule has 0 N–H and O–H groups in total. The van der Waals surface area contributed by atoms with Gasteiger partial charge in [-0.15, -0.1) is 0 Å². The number of rotatable bonds is 7. The molecule has 0 saturated carbocycles. The lowest BCUT2D eigenvalue weighted by Gasteiger charge is -2.19. The van der Waals surface area contributed by atoms with Crippen molar-refractivity contribution in [2.75, 3.05) is 20.3 Å². The first-order valence-electron chi connectivity index (χ1n) is 11.8. The van der Waals surface area contributed by atoms with Gasteiger partial charge in [0.15, 0.2) is 16.5 Å². The van der Waals surface area contributed by atoms with Crippen molar-refractivity contribution in [3.05, 3.63) is 92.7 Å². The molecule has 2 heterocycles. The van der Waals surface area contributed by atoms with Gasteiger partial charge in [0.25, 0.3) is 5.56 Å². The minimum absolute atomic E-state index is 0.0734. The summed E-state index contributed by atoms with van der Waals surface area (Å²) in [5.74, 6) is 2.03. The molecule has 0 atom stereocenters. The maximum atomic E-state index is 13.0. The van der Waals surface area contributed by atoms with Crippen LogP contribution in [0, 0.1) is 0 Å². The van der Waals surface area contributed by atoms with Gasteiger partial charge >= 0.3 is 0 Å². The number of fused-ring (bicyclic) bond motifs is 3. The zero-order valence-corrected chi connectivity index (χ0v) is 21.6. The molecule has 0 amide bonds. The summed E-state index contributed by atoms with van der Waals surface area (Å²) >= 11 is 1.37. The molecule has 7 heteroatoms. The zero-order chi connectivity index (χ0) is 25.3. The van der Waals surface area contributed by atoms with Gasteiger partial charge in [0.1, 0.15) is 19.0 Å². The van der Waals surface area contributed by atoms with E-state index in [2.05, 4.69) is 37.9 Å². The van der Waals surface area contributed by atoms with Crippen LogP contribution >= 0.6 is 11.3 Å². The Morgan fingerprint density at radius 1 is 0.944 bits per heavy atom. The summed E-state index contributed by atoms with van der Waals surface area (Å²) < 4.78 is 19.5. The van der Waals surface area contributed by atoms with Crippen molar-refractivity contribution in [1.82, 2.24) is 9.38 Å². The number of benzene rings is 3. The maximum absolute atomic E-state index is 13.0. The van der Waals surface area contributed by atoms with Crippen LogP contribution in [0.2, 0.25) is 0 Å². The van der Waals surface area contributed by atoms with Crippen LogP contribution in [0.3, 0.4) is 0 Å². The highest BCUT2D eigenvalue weighted by molar-refractivity contribution is 7.15. The van der Waals surface area contributed by atoms with E-state index < -0.39 is 0 Å². The second-order valence-corrected chi connectivity index (χ2v) is 10.5. The molecule has 0 aliphatic rings. The van der Waals surface area contributed by atoms with E-state index in [9.17, 15) is 4.79 Å². The molecule has 0 aliphatic heterocycles. The van der Waals surface area contributed by atoms with Crippen LogP contribution in [0.15, 0.2) is 71.5 Å². The summed E-state index contributed by atoms with van der Waals surface area (Å²) in [6.07, 6.45) is 1.85. The monoisotopic (exact) mass is 500 g/mol. The molecule has 0 radical (unpaired) electrons. The Kier molecular flexibility index (Phi) is 6.41. The Bertz CT molecular complexity index is 1630. The van der Waals surface area contributed by atoms with Gasteiger partial charge in [0, 0.05) is 0 Å². The van der Waals surface area contributed by atoms with Crippen LogP contribution in [-0.4, -0.2) is 29.7 Å². The highest BCUT2D eigenvalue weighted by atomic mass is 32.1. The van der Waals surface area contributed by atoms with Crippen molar-refractivity contribution in [2.24, 2.45) is 0 Å². The lowest BCUT2D eigenvalue weighted by Crippen LogP contribution is -2.22. The Balaban J connectivity index is 1.28. The minimum Gasteiger partial charge on any atom is -0.493 e. The van der Waals surface area contributed by atoms with Gasteiger partial charge in [-0.05, 0) is 59.0 Å². The Morgan fingerprint density at radius 3 is 2.44 bits per heavy atom. The minimum atomic E-state index is -0.0734. The van der Waals surface area contributed by atoms with Gasteiger partial charge in [-0.2, -0.15) is 0 Å². The molecule has 2 aromatic heterocycles. The third-order valence-corrected chi connectivity index (χ3v) is 6.93. The fourth-order valence-electron chi connectivity index (χ4n) is 4.02. The number of para-hydroxylation sites is 2. The first-order chi connectivity index (χ1) is 17.3. The first-order valence-corrected chi connectivity index (χ1v) is 12.6. The Labute approximate surface area is 213 Å². The van der Waals surface area contributed by atoms with E-state index in [4.69, 9.17) is 14.2 Å². The molecule has 0 spiro atoms. The smallest absolute Gasteiger partial charge is 0.274 e. The second-order valence-electron chi connectivity index (χ2n) is 9.52. The van der Waals surface area contributed by atoms with Crippen molar-refractivity contribution in [1.29, 1.82) is 0 Å². The Morgan fingerprint density at radius 2 is 1.69 bits per heavy atom. The molecule has 0 unspecified atom stereocenters. The normalized spacial score (nSPS) is 12.4. The lowest BCUT2D eigenvalue weighted by molar-refractivity contribution is 0.211. The van der Waals surface area contributed by atoms with E-state index in [1.807, 2.05) is 60.7 Å². The maximum Gasteiger partial charge on any atom is 0.274 e. The number of nitrogens with zero attached hydrogens (tertiary/aromatic N) is 2. The molecular formula is C29H28N2O4S. The second kappa shape index (κ2) is 9.66. The number of thiazole rings is 1. The van der Waals surface area contributed by atoms with E-state index in [1.54, 1.807) is 11.5 Å². The quantitative estimate of drug-likeness (QED) is 0.287. The van der Waals surface area contributed by atoms with Crippen LogP contribution in [0.5, 0.6) is 17.2 Å². The lowest BCUT2D eigenvalue weighted by atomic mass is 9.87. The molecule has 3 aromatic carbocycles. The molecular weight excluding hydrogens is 472 g/mol. The molecule has 5 rings (SSSR count). The highest BCUT2D eigenvalue weighted by Gasteiger charge is 2.13. The molecule has 5 aromatic rings. The summed E-state index contributed by atoms with van der Waals surface area (Å²) in [5, 5.41) is 0. The van der Waals surface area contributed by atoms with Gasteiger partial charge in [-0.3, -0.25) is 4.79 Å². The number of hydrogen-bond donors (Lipinski definition) is 0. The summed E-state index contributed by atoms with van der Waals surface area (Å²) in [7, 11) is 1.60. The number of aromatic nitrogens is 2. The SMILES string of the molecule is COc1cc(/C=c2\sc3nc4ccccc4n3c2=O)ccc1OCCOc1ccc(C(C)(C)C)cc1. The molecule has 0 saturated heterocycles. The van der Waals surface area contributed by atoms with Crippen LogP contribution in [0.25, 0.3) is 22.1 Å². The predicted molar refractivity (Wildman–Crippen MR) is 145 cm³/mol. The van der Waals surface area contributed by atoms with Crippen LogP contribution in [0.4, 0.5) is 0 Å². The number of hydrogen-bond acceptors (Lipinski definition) is 6. The van der Waals surface area contributed by atoms with E-state index in [0.29, 0.717) is 34.2 Å². The van der Waals surface area contributed by atoms with Crippen LogP contribution < -0.4 is 24.3 Å². The molecule has 6 nitrogen and oxygen atoms in total. The van der Waals surface area contributed by atoms with E-state index >= 15 is 0 Å². The van der Waals surface area contributed by atoms with Gasteiger partial charge in [0.2, 0.25) is 0 Å². The Hall–Kier alpha value is -3.84. The fourth-order valence-corrected chi connectivity index (χ4v) is 5.01. The van der Waals surface area contributed by atoms with Gasteiger partial charge in [0.05, 0.1) is 22.7 Å². The largest absolute Gasteiger partial charge is 0.493 e. The third-order valence-electron chi connectivity index (χ3n) is 5.96. The molecule has 0 bridgehead atoms. The van der Waals surface area contributed by atoms with Crippen molar-refractivity contribution in [3.63, 3.8) is 0 Å². The van der Waals surface area contributed by atoms with Gasteiger partial charge in [-0.1, -0.05) is 62.4 Å². The van der Waals surface area contributed by atoms with Gasteiger partial charge in [-0.25, -0.2) is 9.38 Å². The standard InChI is InChI=1S/C29H28N2O4S/c1-29(2,3)20-10-12-21(13-11-20)34-15-16-35-24-14-9-19(17-25(24)33-4)18-26-27(32)31-23-8-6-5-7-22(23)30-28(31)36-26/h5-14,17-18H,15-16H2,1-4H3/b26-18-. The van der Waals surface area contributed by atoms with E-state index in [0.717, 1.165) is 22.3 Å². The van der Waals surface area contributed by atoms with Crippen molar-refractivity contribution < 1.29 is 14.2 Å². The molecule has 184 valence electrons. The summed E-state index contributed by atoms with van der Waals surface area (Å²) in [4.78, 5) is 18.3. The third kappa shape index (κ3) is 4.79. The van der Waals surface area contributed by atoms with Crippen LogP contribution in [0.1, 0.15) is 31.9 Å². The fraction of sp³-hybridized carbons (Fsp3) is 0.241. The van der Waals surface area contributed by atoms with Crippen molar-refractivity contribution in [3.8, 4) is 17.2 Å². The van der Waals surface area contributed by atoms with Crippen molar-refractivity contribution >= 4 is 33.4 Å². The highest BCUT2D eigenvalue weighted by Crippen LogP contribution is 2.29. The topological polar surface area (TPSA) is 62.1 Å². The van der Waals surface area contributed by atoms with Crippen LogP contribution in [-0.2, 0) is 5.41 Å². The molecule has 36 heavy (non-hydrogen) atoms. The van der Waals surface area contributed by atoms with E-state index in [-0.39, 0.29) is 11.0 Å². The number of imidazole rings is 1. The van der Waals surface area contributed by atoms with E-state index in [1.165, 1.54) is 16.9 Å². The predicted octanol–water partition coefficient (Wildman–Crippen LogP) is 5.22. The number of methoxy groups -OCH3 is 1. The zero-order valence-electron chi connectivity index (χ0n) is 20.8. The summed E-state index contributed by atoms with van der Waals surface area (Å²) in [5.41, 5.74) is 3.79. The average Bonchev–Trinajstić information content (AvgIpc) is 3.38. The first kappa shape index (κ1) is 23.9.